The Morgan fingerprint density at radius 1 is 1.33 bits per heavy atom. The molecule has 1 aliphatic heterocycles. The molecule has 0 saturated carbocycles. The monoisotopic (exact) mass is 366 g/mol. The maximum atomic E-state index is 12.0. The van der Waals surface area contributed by atoms with Gasteiger partial charge in [-0.25, -0.2) is 4.79 Å². The molecular weight excluding hydrogens is 348 g/mol. The normalized spacial score (nSPS) is 16.6. The molecule has 1 aromatic rings. The van der Waals surface area contributed by atoms with Gasteiger partial charge in [-0.1, -0.05) is 37.3 Å². The number of anilines is 1. The third-order valence-electron chi connectivity index (χ3n) is 3.27. The maximum absolute atomic E-state index is 12.0. The van der Waals surface area contributed by atoms with Crippen LogP contribution >= 0.6 is 24.0 Å². The average Bonchev–Trinajstić information content (AvgIpc) is 2.85. The van der Waals surface area contributed by atoms with E-state index in [9.17, 15) is 14.4 Å². The highest BCUT2D eigenvalue weighted by atomic mass is 32.2. The Balaban J connectivity index is 1.84. The SMILES string of the molecule is CCCCOC(=O)c1ccc(NC(=O)CC2SC(=S)NC2=O)cc1. The van der Waals surface area contributed by atoms with E-state index >= 15 is 0 Å². The van der Waals surface area contributed by atoms with Gasteiger partial charge in [0.1, 0.15) is 4.32 Å². The summed E-state index contributed by atoms with van der Waals surface area (Å²) in [5, 5.41) is 4.70. The van der Waals surface area contributed by atoms with Crippen LogP contribution in [0.25, 0.3) is 0 Å². The number of esters is 1. The molecule has 1 atom stereocenters. The number of rotatable bonds is 7. The highest BCUT2D eigenvalue weighted by Crippen LogP contribution is 2.22. The maximum Gasteiger partial charge on any atom is 0.338 e. The molecule has 1 fully saturated rings. The molecule has 1 unspecified atom stereocenters. The molecule has 8 heteroatoms. The molecule has 24 heavy (non-hydrogen) atoms. The molecule has 128 valence electrons. The van der Waals surface area contributed by atoms with E-state index in [-0.39, 0.29) is 24.2 Å². The largest absolute Gasteiger partial charge is 0.462 e. The lowest BCUT2D eigenvalue weighted by Gasteiger charge is -2.08. The van der Waals surface area contributed by atoms with Crippen molar-refractivity contribution in [1.82, 2.24) is 5.32 Å². The Labute approximate surface area is 149 Å². The van der Waals surface area contributed by atoms with Gasteiger partial charge in [0, 0.05) is 12.1 Å². The van der Waals surface area contributed by atoms with Gasteiger partial charge < -0.3 is 15.4 Å². The highest BCUT2D eigenvalue weighted by molar-refractivity contribution is 8.24. The van der Waals surface area contributed by atoms with Crippen molar-refractivity contribution >= 4 is 51.8 Å². The fourth-order valence-corrected chi connectivity index (χ4v) is 3.26. The van der Waals surface area contributed by atoms with Crippen LogP contribution in [0.5, 0.6) is 0 Å². The number of hydrogen-bond acceptors (Lipinski definition) is 6. The van der Waals surface area contributed by atoms with Crippen LogP contribution in [0.15, 0.2) is 24.3 Å². The van der Waals surface area contributed by atoms with Crippen molar-refractivity contribution in [3.05, 3.63) is 29.8 Å². The van der Waals surface area contributed by atoms with Gasteiger partial charge in [-0.2, -0.15) is 0 Å². The number of amides is 2. The van der Waals surface area contributed by atoms with E-state index in [1.54, 1.807) is 24.3 Å². The van der Waals surface area contributed by atoms with Gasteiger partial charge in [-0.15, -0.1) is 0 Å². The molecule has 0 bridgehead atoms. The van der Waals surface area contributed by atoms with Crippen LogP contribution in [-0.2, 0) is 14.3 Å². The fourth-order valence-electron chi connectivity index (χ4n) is 1.99. The number of carbonyl (C=O) groups is 3. The van der Waals surface area contributed by atoms with Crippen molar-refractivity contribution in [2.24, 2.45) is 0 Å². The Morgan fingerprint density at radius 2 is 2.04 bits per heavy atom. The third kappa shape index (κ3) is 5.31. The second-order valence-electron chi connectivity index (χ2n) is 5.20. The summed E-state index contributed by atoms with van der Waals surface area (Å²) in [4.78, 5) is 35.3. The minimum absolute atomic E-state index is 0.0391. The van der Waals surface area contributed by atoms with Crippen molar-refractivity contribution in [2.75, 3.05) is 11.9 Å². The molecule has 1 aliphatic rings. The number of unbranched alkanes of at least 4 members (excludes halogenated alkanes) is 1. The van der Waals surface area contributed by atoms with Crippen LogP contribution in [0.2, 0.25) is 0 Å². The molecule has 1 aromatic carbocycles. The van der Waals surface area contributed by atoms with E-state index in [0.717, 1.165) is 12.8 Å². The summed E-state index contributed by atoms with van der Waals surface area (Å²) in [7, 11) is 0. The number of thiocarbonyl (C=S) groups is 1. The molecule has 0 radical (unpaired) electrons. The third-order valence-corrected chi connectivity index (χ3v) is 4.65. The van der Waals surface area contributed by atoms with Crippen LogP contribution in [-0.4, -0.2) is 34.0 Å². The lowest BCUT2D eigenvalue weighted by atomic mass is 10.2. The van der Waals surface area contributed by atoms with Crippen molar-refractivity contribution in [3.8, 4) is 0 Å². The summed E-state index contributed by atoms with van der Waals surface area (Å²) in [5.74, 6) is -0.912. The topological polar surface area (TPSA) is 84.5 Å². The quantitative estimate of drug-likeness (QED) is 0.438. The van der Waals surface area contributed by atoms with Crippen molar-refractivity contribution in [2.45, 2.75) is 31.4 Å². The van der Waals surface area contributed by atoms with Crippen molar-refractivity contribution in [1.29, 1.82) is 0 Å². The number of thioether (sulfide) groups is 1. The summed E-state index contributed by atoms with van der Waals surface area (Å²) < 4.78 is 5.51. The van der Waals surface area contributed by atoms with E-state index in [1.807, 2.05) is 6.92 Å². The lowest BCUT2D eigenvalue weighted by molar-refractivity contribution is -0.122. The Kier molecular flexibility index (Phi) is 6.74. The standard InChI is InChI=1S/C16H18N2O4S2/c1-2-3-8-22-15(21)10-4-6-11(7-5-10)17-13(19)9-12-14(20)18-16(23)24-12/h4-7,12H,2-3,8-9H2,1H3,(H,17,19)(H,18,20,23). The molecule has 2 amide bonds. The highest BCUT2D eigenvalue weighted by Gasteiger charge is 2.30. The summed E-state index contributed by atoms with van der Waals surface area (Å²) in [6.07, 6.45) is 1.83. The number of hydrogen-bond donors (Lipinski definition) is 2. The molecular formula is C16H18N2O4S2. The van der Waals surface area contributed by atoms with E-state index in [4.69, 9.17) is 17.0 Å². The first-order valence-electron chi connectivity index (χ1n) is 7.58. The van der Waals surface area contributed by atoms with Crippen LogP contribution in [0.1, 0.15) is 36.5 Å². The van der Waals surface area contributed by atoms with Gasteiger partial charge >= 0.3 is 5.97 Å². The fraction of sp³-hybridized carbons (Fsp3) is 0.375. The molecule has 2 rings (SSSR count). The molecule has 0 aromatic heterocycles. The summed E-state index contributed by atoms with van der Waals surface area (Å²) >= 11 is 6.06. The Morgan fingerprint density at radius 3 is 2.62 bits per heavy atom. The summed E-state index contributed by atoms with van der Waals surface area (Å²) in [5.41, 5.74) is 0.983. The van der Waals surface area contributed by atoms with Gasteiger partial charge in [0.25, 0.3) is 0 Å². The number of nitrogens with one attached hydrogen (secondary N) is 2. The van der Waals surface area contributed by atoms with E-state index in [2.05, 4.69) is 10.6 Å². The van der Waals surface area contributed by atoms with Crippen LogP contribution in [0.3, 0.4) is 0 Å². The molecule has 0 spiro atoms. The van der Waals surface area contributed by atoms with Gasteiger partial charge in [-0.05, 0) is 30.7 Å². The smallest absolute Gasteiger partial charge is 0.338 e. The molecule has 2 N–H and O–H groups in total. The first kappa shape index (κ1) is 18.4. The first-order chi connectivity index (χ1) is 11.5. The predicted molar refractivity (Wildman–Crippen MR) is 97.0 cm³/mol. The zero-order valence-corrected chi connectivity index (χ0v) is 14.8. The molecule has 1 heterocycles. The number of benzene rings is 1. The second kappa shape index (κ2) is 8.79. The summed E-state index contributed by atoms with van der Waals surface area (Å²) in [6, 6.07) is 6.44. The lowest BCUT2D eigenvalue weighted by Crippen LogP contribution is -2.27. The minimum Gasteiger partial charge on any atom is -0.462 e. The van der Waals surface area contributed by atoms with Crippen LogP contribution < -0.4 is 10.6 Å². The number of carbonyl (C=O) groups excluding carboxylic acids is 3. The van der Waals surface area contributed by atoms with Gasteiger partial charge in [0.15, 0.2) is 0 Å². The van der Waals surface area contributed by atoms with E-state index in [0.29, 0.717) is 22.2 Å². The summed E-state index contributed by atoms with van der Waals surface area (Å²) in [6.45, 7) is 2.42. The van der Waals surface area contributed by atoms with E-state index < -0.39 is 5.25 Å². The Bertz CT molecular complexity index is 646. The van der Waals surface area contributed by atoms with Crippen LogP contribution in [0, 0.1) is 0 Å². The van der Waals surface area contributed by atoms with Gasteiger partial charge in [-0.3, -0.25) is 9.59 Å². The van der Waals surface area contributed by atoms with Crippen molar-refractivity contribution < 1.29 is 19.1 Å². The minimum atomic E-state index is -0.495. The van der Waals surface area contributed by atoms with E-state index in [1.165, 1.54) is 11.8 Å². The zero-order valence-electron chi connectivity index (χ0n) is 13.2. The average molecular weight is 366 g/mol. The predicted octanol–water partition coefficient (Wildman–Crippen LogP) is 2.49. The van der Waals surface area contributed by atoms with Gasteiger partial charge in [0.05, 0.1) is 17.4 Å². The van der Waals surface area contributed by atoms with Gasteiger partial charge in [0.2, 0.25) is 11.8 Å². The second-order valence-corrected chi connectivity index (χ2v) is 7.08. The zero-order chi connectivity index (χ0) is 17.5. The molecule has 6 nitrogen and oxygen atoms in total. The molecule has 1 saturated heterocycles. The Hall–Kier alpha value is -1.93. The molecule has 0 aliphatic carbocycles. The van der Waals surface area contributed by atoms with Crippen molar-refractivity contribution in [3.63, 3.8) is 0 Å². The first-order valence-corrected chi connectivity index (χ1v) is 8.87. The van der Waals surface area contributed by atoms with Crippen LogP contribution in [0.4, 0.5) is 5.69 Å². The number of ether oxygens (including phenoxy) is 1.